The van der Waals surface area contributed by atoms with Gasteiger partial charge in [-0.05, 0) is 36.6 Å². The van der Waals surface area contributed by atoms with E-state index in [1.807, 2.05) is 12.1 Å². The molecule has 4 heteroatoms. The van der Waals surface area contributed by atoms with Gasteiger partial charge in [0, 0.05) is 6.20 Å². The molecule has 4 nitrogen and oxygen atoms in total. The highest BCUT2D eigenvalue weighted by Gasteiger charge is 2.22. The third-order valence-corrected chi connectivity index (χ3v) is 3.23. The van der Waals surface area contributed by atoms with E-state index in [0.29, 0.717) is 23.6 Å². The van der Waals surface area contributed by atoms with Crippen molar-refractivity contribution >= 4 is 11.5 Å². The average molecular weight is 254 g/mol. The molecule has 2 heterocycles. The van der Waals surface area contributed by atoms with Gasteiger partial charge in [0.1, 0.15) is 11.4 Å². The van der Waals surface area contributed by atoms with Crippen LogP contribution in [0.1, 0.15) is 28.0 Å². The number of pyridine rings is 1. The van der Waals surface area contributed by atoms with Crippen LogP contribution in [0.15, 0.2) is 36.5 Å². The molecule has 1 aliphatic rings. The summed E-state index contributed by atoms with van der Waals surface area (Å²) in [7, 11) is 0. The number of benzene rings is 1. The molecule has 0 saturated carbocycles. The number of carbonyl (C=O) groups is 1. The number of hydrogen-bond donors (Lipinski definition) is 1. The number of nitrogen functional groups attached to an aromatic ring is 1. The normalized spacial score (nSPS) is 13.5. The minimum Gasteiger partial charge on any atom is -0.493 e. The van der Waals surface area contributed by atoms with Crippen LogP contribution in [0.3, 0.4) is 0 Å². The Morgan fingerprint density at radius 1 is 1.26 bits per heavy atom. The Morgan fingerprint density at radius 2 is 2.16 bits per heavy atom. The molecule has 0 fully saturated rings. The first-order chi connectivity index (χ1) is 9.27. The molecule has 2 N–H and O–H groups in total. The molecular formula is C15H14N2O2. The summed E-state index contributed by atoms with van der Waals surface area (Å²) in [4.78, 5) is 16.6. The molecule has 1 aromatic carbocycles. The van der Waals surface area contributed by atoms with Crippen molar-refractivity contribution in [3.63, 3.8) is 0 Å². The number of rotatable bonds is 2. The highest BCUT2D eigenvalue weighted by molar-refractivity contribution is 6.12. The lowest BCUT2D eigenvalue weighted by Gasteiger charge is -2.19. The first kappa shape index (κ1) is 11.7. The molecule has 0 unspecified atom stereocenters. The molecule has 0 radical (unpaired) electrons. The summed E-state index contributed by atoms with van der Waals surface area (Å²) in [5.41, 5.74) is 8.10. The summed E-state index contributed by atoms with van der Waals surface area (Å²) in [5.74, 6) is 0.501. The standard InChI is InChI=1S/C15H14N2O2/c16-12-7-2-8-17-13(12)14(18)11-6-1-4-10-5-3-9-19-15(10)11/h1-2,4,6-8H,3,5,9,16H2. The van der Waals surface area contributed by atoms with Crippen molar-refractivity contribution in [2.45, 2.75) is 12.8 Å². The first-order valence-corrected chi connectivity index (χ1v) is 6.27. The number of ether oxygens (including phenoxy) is 1. The second kappa shape index (κ2) is 4.72. The van der Waals surface area contributed by atoms with Crippen LogP contribution in [0.25, 0.3) is 0 Å². The van der Waals surface area contributed by atoms with Crippen LogP contribution in [0.4, 0.5) is 5.69 Å². The number of anilines is 1. The Hall–Kier alpha value is -2.36. The maximum absolute atomic E-state index is 12.5. The number of carbonyl (C=O) groups excluding carboxylic acids is 1. The molecule has 0 atom stereocenters. The highest BCUT2D eigenvalue weighted by Crippen LogP contribution is 2.30. The molecule has 1 aliphatic heterocycles. The highest BCUT2D eigenvalue weighted by atomic mass is 16.5. The summed E-state index contributed by atoms with van der Waals surface area (Å²) < 4.78 is 5.65. The zero-order valence-electron chi connectivity index (χ0n) is 10.4. The number of ketones is 1. The van der Waals surface area contributed by atoms with Crippen molar-refractivity contribution in [1.82, 2.24) is 4.98 Å². The van der Waals surface area contributed by atoms with E-state index in [9.17, 15) is 4.79 Å². The molecule has 1 aromatic heterocycles. The minimum absolute atomic E-state index is 0.183. The van der Waals surface area contributed by atoms with Gasteiger partial charge >= 0.3 is 0 Å². The van der Waals surface area contributed by atoms with Crippen LogP contribution in [0.2, 0.25) is 0 Å². The van der Waals surface area contributed by atoms with Crippen molar-refractivity contribution < 1.29 is 9.53 Å². The molecule has 0 spiro atoms. The Balaban J connectivity index is 2.08. The lowest BCUT2D eigenvalue weighted by atomic mass is 9.98. The quantitative estimate of drug-likeness (QED) is 0.834. The van der Waals surface area contributed by atoms with Gasteiger partial charge in [-0.25, -0.2) is 0 Å². The molecule has 96 valence electrons. The number of hydrogen-bond acceptors (Lipinski definition) is 4. The van der Waals surface area contributed by atoms with Crippen molar-refractivity contribution in [2.75, 3.05) is 12.3 Å². The predicted molar refractivity (Wildman–Crippen MR) is 72.3 cm³/mol. The van der Waals surface area contributed by atoms with Gasteiger partial charge in [0.15, 0.2) is 0 Å². The van der Waals surface area contributed by atoms with E-state index in [1.54, 1.807) is 24.4 Å². The smallest absolute Gasteiger partial charge is 0.217 e. The number of aryl methyl sites for hydroxylation is 1. The fourth-order valence-corrected chi connectivity index (χ4v) is 2.30. The monoisotopic (exact) mass is 254 g/mol. The second-order valence-electron chi connectivity index (χ2n) is 4.52. The largest absolute Gasteiger partial charge is 0.493 e. The van der Waals surface area contributed by atoms with E-state index < -0.39 is 0 Å². The summed E-state index contributed by atoms with van der Waals surface area (Å²) in [6, 6.07) is 9.02. The van der Waals surface area contributed by atoms with Crippen LogP contribution >= 0.6 is 0 Å². The molecule has 0 aliphatic carbocycles. The third kappa shape index (κ3) is 2.05. The lowest BCUT2D eigenvalue weighted by Crippen LogP contribution is -2.15. The Morgan fingerprint density at radius 3 is 3.00 bits per heavy atom. The minimum atomic E-state index is -0.183. The second-order valence-corrected chi connectivity index (χ2v) is 4.52. The van der Waals surface area contributed by atoms with E-state index in [1.165, 1.54) is 0 Å². The van der Waals surface area contributed by atoms with E-state index in [4.69, 9.17) is 10.5 Å². The van der Waals surface area contributed by atoms with E-state index >= 15 is 0 Å². The maximum Gasteiger partial charge on any atom is 0.217 e. The fourth-order valence-electron chi connectivity index (χ4n) is 2.30. The van der Waals surface area contributed by atoms with E-state index in [2.05, 4.69) is 4.98 Å². The van der Waals surface area contributed by atoms with Gasteiger partial charge in [0.2, 0.25) is 5.78 Å². The maximum atomic E-state index is 12.5. The molecule has 2 aromatic rings. The van der Waals surface area contributed by atoms with Gasteiger partial charge < -0.3 is 10.5 Å². The zero-order valence-corrected chi connectivity index (χ0v) is 10.4. The van der Waals surface area contributed by atoms with Crippen LogP contribution in [-0.4, -0.2) is 17.4 Å². The molecule has 3 rings (SSSR count). The topological polar surface area (TPSA) is 65.2 Å². The van der Waals surface area contributed by atoms with E-state index in [0.717, 1.165) is 18.4 Å². The third-order valence-electron chi connectivity index (χ3n) is 3.23. The van der Waals surface area contributed by atoms with Crippen LogP contribution in [0, 0.1) is 0 Å². The first-order valence-electron chi connectivity index (χ1n) is 6.27. The van der Waals surface area contributed by atoms with Gasteiger partial charge in [-0.2, -0.15) is 0 Å². The Kier molecular flexibility index (Phi) is 2.91. The molecule has 19 heavy (non-hydrogen) atoms. The molecule has 0 bridgehead atoms. The van der Waals surface area contributed by atoms with Crippen molar-refractivity contribution in [2.24, 2.45) is 0 Å². The summed E-state index contributed by atoms with van der Waals surface area (Å²) >= 11 is 0. The number of nitrogens with two attached hydrogens (primary N) is 1. The lowest BCUT2D eigenvalue weighted by molar-refractivity contribution is 0.103. The number of nitrogens with zero attached hydrogens (tertiary/aromatic N) is 1. The fraction of sp³-hybridized carbons (Fsp3) is 0.200. The van der Waals surface area contributed by atoms with Gasteiger partial charge in [-0.1, -0.05) is 12.1 Å². The van der Waals surface area contributed by atoms with Crippen LogP contribution < -0.4 is 10.5 Å². The van der Waals surface area contributed by atoms with Crippen molar-refractivity contribution in [3.05, 3.63) is 53.3 Å². The summed E-state index contributed by atoms with van der Waals surface area (Å²) in [6.45, 7) is 0.648. The zero-order chi connectivity index (χ0) is 13.2. The van der Waals surface area contributed by atoms with Gasteiger partial charge in [0.25, 0.3) is 0 Å². The SMILES string of the molecule is Nc1cccnc1C(=O)c1cccc2c1OCCC2. The average Bonchev–Trinajstić information content (AvgIpc) is 2.46. The molecular weight excluding hydrogens is 240 g/mol. The van der Waals surface area contributed by atoms with Gasteiger partial charge in [-0.15, -0.1) is 0 Å². The van der Waals surface area contributed by atoms with Gasteiger partial charge in [-0.3, -0.25) is 9.78 Å². The number of para-hydroxylation sites is 1. The van der Waals surface area contributed by atoms with Crippen LogP contribution in [0.5, 0.6) is 5.75 Å². The summed E-state index contributed by atoms with van der Waals surface area (Å²) in [5, 5.41) is 0. The molecule has 0 amide bonds. The Bertz CT molecular complexity index is 638. The summed E-state index contributed by atoms with van der Waals surface area (Å²) in [6.07, 6.45) is 3.49. The van der Waals surface area contributed by atoms with Gasteiger partial charge in [0.05, 0.1) is 17.9 Å². The van der Waals surface area contributed by atoms with Crippen LogP contribution in [-0.2, 0) is 6.42 Å². The Labute approximate surface area is 111 Å². The molecule has 0 saturated heterocycles. The van der Waals surface area contributed by atoms with E-state index in [-0.39, 0.29) is 11.5 Å². The van der Waals surface area contributed by atoms with Crippen molar-refractivity contribution in [3.8, 4) is 5.75 Å². The van der Waals surface area contributed by atoms with Crippen molar-refractivity contribution in [1.29, 1.82) is 0 Å². The number of aromatic nitrogens is 1. The predicted octanol–water partition coefficient (Wildman–Crippen LogP) is 2.22. The number of fused-ring (bicyclic) bond motifs is 1.